The molecule has 0 unspecified atom stereocenters. The Hall–Kier alpha value is -4.02. The van der Waals surface area contributed by atoms with E-state index in [0.717, 1.165) is 43.6 Å². The molecule has 0 saturated carbocycles. The number of rotatable bonds is 7. The van der Waals surface area contributed by atoms with E-state index in [1.165, 1.54) is 24.3 Å². The predicted molar refractivity (Wildman–Crippen MR) is 154 cm³/mol. The molecule has 10 heteroatoms. The molecule has 220 valence electrons. The lowest BCUT2D eigenvalue weighted by Crippen LogP contribution is -2.50. The van der Waals surface area contributed by atoms with Gasteiger partial charge in [0.25, 0.3) is 11.8 Å². The molecule has 0 radical (unpaired) electrons. The lowest BCUT2D eigenvalue weighted by molar-refractivity contribution is 0.0535. The van der Waals surface area contributed by atoms with Crippen LogP contribution in [0.1, 0.15) is 33.6 Å². The van der Waals surface area contributed by atoms with Crippen molar-refractivity contribution in [1.82, 2.24) is 20.4 Å². The number of piperazine rings is 1. The minimum Gasteiger partial charge on any atom is -0.489 e. The second kappa shape index (κ2) is 12.5. The number of amides is 2. The fraction of sp³-hybridized carbons (Fsp3) is 0.375. The lowest BCUT2D eigenvalue weighted by atomic mass is 10.0. The first-order chi connectivity index (χ1) is 20.4. The van der Waals surface area contributed by atoms with Gasteiger partial charge in [-0.3, -0.25) is 9.59 Å². The summed E-state index contributed by atoms with van der Waals surface area (Å²) in [6.45, 7) is 4.49. The number of hydrogen-bond acceptors (Lipinski definition) is 6. The number of hydrogen-bond donors (Lipinski definition) is 2. The van der Waals surface area contributed by atoms with Gasteiger partial charge in [-0.15, -0.1) is 0 Å². The monoisotopic (exact) mass is 576 g/mol. The summed E-state index contributed by atoms with van der Waals surface area (Å²) in [5, 5.41) is 6.49. The summed E-state index contributed by atoms with van der Waals surface area (Å²) in [7, 11) is 0. The number of carbonyl (C=O) groups is 2. The van der Waals surface area contributed by atoms with Crippen LogP contribution in [0, 0.1) is 11.6 Å². The van der Waals surface area contributed by atoms with Crippen LogP contribution in [0.4, 0.5) is 8.78 Å². The standard InChI is InChI=1S/C32H34F2N4O4/c33-24-4-1-21(2-5-24)29-17-22(3-6-30(29)42-27-8-10-36-20-27)31(39)37-11-13-38(14-12-37)32(40)23-15-25(34)18-28(16-23)41-26-7-9-35-19-26/h1-6,15-18,26-27,35-36H,7-14,19-20H2/t26-,27+/m1/s1. The molecule has 2 N–H and O–H groups in total. The van der Waals surface area contributed by atoms with Crippen LogP contribution in [-0.4, -0.2) is 86.2 Å². The van der Waals surface area contributed by atoms with Gasteiger partial charge in [0.05, 0.1) is 0 Å². The maximum absolute atomic E-state index is 14.4. The van der Waals surface area contributed by atoms with Gasteiger partial charge in [0.2, 0.25) is 0 Å². The molecule has 3 aromatic rings. The number of carbonyl (C=O) groups excluding carboxylic acids is 2. The summed E-state index contributed by atoms with van der Waals surface area (Å²) in [5.74, 6) is -0.332. The van der Waals surface area contributed by atoms with E-state index < -0.39 is 5.82 Å². The largest absolute Gasteiger partial charge is 0.489 e. The zero-order valence-electron chi connectivity index (χ0n) is 23.3. The van der Waals surface area contributed by atoms with Crippen molar-refractivity contribution >= 4 is 11.8 Å². The second-order valence-electron chi connectivity index (χ2n) is 10.9. The molecule has 8 nitrogen and oxygen atoms in total. The van der Waals surface area contributed by atoms with Crippen LogP contribution in [0.25, 0.3) is 11.1 Å². The van der Waals surface area contributed by atoms with Gasteiger partial charge in [-0.25, -0.2) is 8.78 Å². The molecule has 3 saturated heterocycles. The molecule has 3 aliphatic rings. The predicted octanol–water partition coefficient (Wildman–Crippen LogP) is 3.71. The Morgan fingerprint density at radius 2 is 1.31 bits per heavy atom. The lowest BCUT2D eigenvalue weighted by Gasteiger charge is -2.35. The summed E-state index contributed by atoms with van der Waals surface area (Å²) in [6.07, 6.45) is 1.69. The third-order valence-electron chi connectivity index (χ3n) is 7.98. The third-order valence-corrected chi connectivity index (χ3v) is 7.98. The number of benzene rings is 3. The van der Waals surface area contributed by atoms with Crippen LogP contribution < -0.4 is 20.1 Å². The summed E-state index contributed by atoms with van der Waals surface area (Å²) < 4.78 is 40.1. The van der Waals surface area contributed by atoms with Gasteiger partial charge in [-0.2, -0.15) is 0 Å². The number of ether oxygens (including phenoxy) is 2. The smallest absolute Gasteiger partial charge is 0.254 e. The Labute approximate surface area is 243 Å². The third kappa shape index (κ3) is 6.39. The Balaban J connectivity index is 1.13. The van der Waals surface area contributed by atoms with Gasteiger partial charge in [0, 0.05) is 62.0 Å². The Morgan fingerprint density at radius 1 is 0.690 bits per heavy atom. The number of halogens is 2. The second-order valence-corrected chi connectivity index (χ2v) is 10.9. The molecule has 3 fully saturated rings. The fourth-order valence-corrected chi connectivity index (χ4v) is 5.68. The van der Waals surface area contributed by atoms with Crippen molar-refractivity contribution in [3.8, 4) is 22.6 Å². The van der Waals surface area contributed by atoms with Crippen molar-refractivity contribution < 1.29 is 27.8 Å². The molecule has 0 bridgehead atoms. The first-order valence-corrected chi connectivity index (χ1v) is 14.5. The Kier molecular flexibility index (Phi) is 8.34. The number of nitrogens with zero attached hydrogens (tertiary/aromatic N) is 2. The van der Waals surface area contributed by atoms with Crippen LogP contribution in [0.2, 0.25) is 0 Å². The molecule has 0 aliphatic carbocycles. The fourth-order valence-electron chi connectivity index (χ4n) is 5.68. The highest BCUT2D eigenvalue weighted by atomic mass is 19.1. The van der Waals surface area contributed by atoms with Crippen LogP contribution in [0.3, 0.4) is 0 Å². The van der Waals surface area contributed by atoms with Gasteiger partial charge in [-0.1, -0.05) is 12.1 Å². The Bertz CT molecular complexity index is 1430. The molecule has 0 spiro atoms. The van der Waals surface area contributed by atoms with E-state index in [1.54, 1.807) is 46.2 Å². The van der Waals surface area contributed by atoms with Gasteiger partial charge < -0.3 is 29.9 Å². The zero-order chi connectivity index (χ0) is 29.1. The molecule has 2 amide bonds. The average Bonchev–Trinajstić information content (AvgIpc) is 3.72. The molecular formula is C32H34F2N4O4. The summed E-state index contributed by atoms with van der Waals surface area (Å²) in [6, 6.07) is 15.6. The summed E-state index contributed by atoms with van der Waals surface area (Å²) in [4.78, 5) is 30.1. The van der Waals surface area contributed by atoms with E-state index in [4.69, 9.17) is 9.47 Å². The van der Waals surface area contributed by atoms with Crippen molar-refractivity contribution in [2.75, 3.05) is 52.4 Å². The zero-order valence-corrected chi connectivity index (χ0v) is 23.3. The molecular weight excluding hydrogens is 542 g/mol. The first kappa shape index (κ1) is 28.1. The minimum atomic E-state index is -0.524. The van der Waals surface area contributed by atoms with Gasteiger partial charge in [0.15, 0.2) is 0 Å². The van der Waals surface area contributed by atoms with Crippen molar-refractivity contribution in [2.45, 2.75) is 25.0 Å². The highest BCUT2D eigenvalue weighted by Gasteiger charge is 2.28. The van der Waals surface area contributed by atoms with Gasteiger partial charge in [-0.05, 0) is 74.0 Å². The molecule has 42 heavy (non-hydrogen) atoms. The molecule has 3 heterocycles. The van der Waals surface area contributed by atoms with E-state index >= 15 is 0 Å². The maximum Gasteiger partial charge on any atom is 0.254 e. The van der Waals surface area contributed by atoms with Gasteiger partial charge >= 0.3 is 0 Å². The van der Waals surface area contributed by atoms with E-state index in [9.17, 15) is 18.4 Å². The maximum atomic E-state index is 14.4. The summed E-state index contributed by atoms with van der Waals surface area (Å²) >= 11 is 0. The Morgan fingerprint density at radius 3 is 1.93 bits per heavy atom. The van der Waals surface area contributed by atoms with Gasteiger partial charge in [0.1, 0.15) is 35.3 Å². The molecule has 6 rings (SSSR count). The van der Waals surface area contributed by atoms with E-state index in [2.05, 4.69) is 10.6 Å². The molecule has 3 aliphatic heterocycles. The molecule has 3 aromatic carbocycles. The van der Waals surface area contributed by atoms with E-state index in [-0.39, 0.29) is 35.4 Å². The van der Waals surface area contributed by atoms with Crippen LogP contribution >= 0.6 is 0 Å². The van der Waals surface area contributed by atoms with Crippen molar-refractivity contribution in [1.29, 1.82) is 0 Å². The quantitative estimate of drug-likeness (QED) is 0.447. The highest BCUT2D eigenvalue weighted by Crippen LogP contribution is 2.33. The van der Waals surface area contributed by atoms with Crippen molar-refractivity contribution in [3.63, 3.8) is 0 Å². The molecule has 0 aromatic heterocycles. The van der Waals surface area contributed by atoms with Crippen LogP contribution in [0.15, 0.2) is 60.7 Å². The van der Waals surface area contributed by atoms with Crippen molar-refractivity contribution in [3.05, 3.63) is 83.4 Å². The highest BCUT2D eigenvalue weighted by molar-refractivity contribution is 5.97. The van der Waals surface area contributed by atoms with Crippen molar-refractivity contribution in [2.24, 2.45) is 0 Å². The SMILES string of the molecule is O=C(c1cc(F)cc(O[C@@H]2CCNC2)c1)N1CCN(C(=O)c2ccc(O[C@H]3CCNC3)c(-c3ccc(F)cc3)c2)CC1. The van der Waals surface area contributed by atoms with E-state index in [1.807, 2.05) is 0 Å². The number of nitrogens with one attached hydrogen (secondary N) is 2. The molecule has 2 atom stereocenters. The van der Waals surface area contributed by atoms with Crippen LogP contribution in [0.5, 0.6) is 11.5 Å². The van der Waals surface area contributed by atoms with Crippen LogP contribution in [-0.2, 0) is 0 Å². The topological polar surface area (TPSA) is 83.1 Å². The van der Waals surface area contributed by atoms with E-state index in [0.29, 0.717) is 49.8 Å². The average molecular weight is 577 g/mol. The first-order valence-electron chi connectivity index (χ1n) is 14.5. The minimum absolute atomic E-state index is 0.0248. The summed E-state index contributed by atoms with van der Waals surface area (Å²) in [5.41, 5.74) is 2.19. The normalized spacial score (nSPS) is 20.5.